The molecule has 1 saturated heterocycles. The van der Waals surface area contributed by atoms with Crippen LogP contribution in [-0.2, 0) is 25.3 Å². The smallest absolute Gasteiger partial charge is 0.418 e. The summed E-state index contributed by atoms with van der Waals surface area (Å²) < 4.78 is 44.0. The molecule has 2 aromatic rings. The number of nitrogens with one attached hydrogen (secondary N) is 1. The van der Waals surface area contributed by atoms with Crippen LogP contribution in [0.3, 0.4) is 0 Å². The average Bonchev–Trinajstić information content (AvgIpc) is 3.08. The molecule has 10 heteroatoms. The van der Waals surface area contributed by atoms with Crippen molar-refractivity contribution in [2.24, 2.45) is 17.8 Å². The number of allylic oxidation sites excluding steroid dienone is 2. The van der Waals surface area contributed by atoms with E-state index in [-0.39, 0.29) is 23.3 Å². The maximum Gasteiger partial charge on any atom is 0.418 e. The Morgan fingerprint density at radius 2 is 1.74 bits per heavy atom. The van der Waals surface area contributed by atoms with Crippen molar-refractivity contribution in [3.05, 3.63) is 71.8 Å². The highest BCUT2D eigenvalue weighted by Gasteiger charge is 2.50. The van der Waals surface area contributed by atoms with Gasteiger partial charge in [-0.1, -0.05) is 31.2 Å². The second kappa shape index (κ2) is 9.36. The Hall–Kier alpha value is -3.95. The Morgan fingerprint density at radius 1 is 1.06 bits per heavy atom. The summed E-state index contributed by atoms with van der Waals surface area (Å²) in [5, 5.41) is 2.08. The van der Waals surface area contributed by atoms with Gasteiger partial charge in [0.1, 0.15) is 0 Å². The molecule has 1 N–H and O–H groups in total. The Balaban J connectivity index is 1.38. The van der Waals surface area contributed by atoms with Gasteiger partial charge in [0.05, 0.1) is 34.3 Å². The van der Waals surface area contributed by atoms with E-state index >= 15 is 0 Å². The first-order valence-corrected chi connectivity index (χ1v) is 10.9. The van der Waals surface area contributed by atoms with E-state index in [1.807, 2.05) is 19.1 Å². The number of carbonyl (C=O) groups is 4. The molecule has 7 nitrogen and oxygen atoms in total. The van der Waals surface area contributed by atoms with Gasteiger partial charge in [-0.05, 0) is 48.7 Å². The molecule has 0 bridgehead atoms. The maximum atomic E-state index is 13.0. The van der Waals surface area contributed by atoms with Crippen molar-refractivity contribution in [1.82, 2.24) is 0 Å². The fourth-order valence-electron chi connectivity index (χ4n) is 4.39. The summed E-state index contributed by atoms with van der Waals surface area (Å²) in [5.74, 6) is -3.29. The summed E-state index contributed by atoms with van der Waals surface area (Å²) in [7, 11) is 0. The van der Waals surface area contributed by atoms with Crippen LogP contribution < -0.4 is 10.2 Å². The zero-order valence-corrected chi connectivity index (χ0v) is 18.5. The van der Waals surface area contributed by atoms with Crippen molar-refractivity contribution in [1.29, 1.82) is 0 Å². The lowest BCUT2D eigenvalue weighted by atomic mass is 9.78. The third-order valence-corrected chi connectivity index (χ3v) is 6.07. The third kappa shape index (κ3) is 4.82. The van der Waals surface area contributed by atoms with E-state index < -0.39 is 47.7 Å². The number of fused-ring (bicyclic) bond motifs is 1. The number of para-hydroxylation sites is 1. The van der Waals surface area contributed by atoms with Crippen LogP contribution in [0.15, 0.2) is 60.7 Å². The number of benzene rings is 2. The number of halogens is 3. The molecule has 1 heterocycles. The zero-order chi connectivity index (χ0) is 25.3. The minimum atomic E-state index is -4.66. The number of nitrogens with zero attached hydrogens (tertiary/aromatic N) is 1. The predicted molar refractivity (Wildman–Crippen MR) is 119 cm³/mol. The molecule has 2 aliphatic rings. The summed E-state index contributed by atoms with van der Waals surface area (Å²) >= 11 is 0. The Labute approximate surface area is 198 Å². The largest absolute Gasteiger partial charge is 0.452 e. The van der Waals surface area contributed by atoms with Crippen LogP contribution in [-0.4, -0.2) is 30.3 Å². The van der Waals surface area contributed by atoms with E-state index in [0.717, 1.165) is 17.0 Å². The van der Waals surface area contributed by atoms with Crippen LogP contribution >= 0.6 is 0 Å². The topological polar surface area (TPSA) is 92.8 Å². The molecular formula is C25H21F3N2O5. The van der Waals surface area contributed by atoms with Crippen LogP contribution in [0.5, 0.6) is 0 Å². The number of hydrogen-bond donors (Lipinski definition) is 1. The molecule has 0 radical (unpaired) electrons. The molecule has 0 saturated carbocycles. The lowest BCUT2D eigenvalue weighted by Gasteiger charge is -2.22. The molecular weight excluding hydrogens is 465 g/mol. The molecule has 3 atom stereocenters. The Kier molecular flexibility index (Phi) is 6.47. The SMILES string of the molecule is C[C@@H]1C=CC[C@@H]2C(=O)N(c3ccc(C(=O)OCC(=O)Nc4ccccc4C(F)(F)F)cc3)C(=O)[C@H]12. The highest BCUT2D eigenvalue weighted by atomic mass is 19.4. The summed E-state index contributed by atoms with van der Waals surface area (Å²) in [4.78, 5) is 51.1. The Bertz CT molecular complexity index is 1210. The molecule has 1 aliphatic carbocycles. The second-order valence-electron chi connectivity index (χ2n) is 8.38. The number of anilines is 2. The summed E-state index contributed by atoms with van der Waals surface area (Å²) in [5.41, 5.74) is -1.11. The van der Waals surface area contributed by atoms with Crippen molar-refractivity contribution in [2.75, 3.05) is 16.8 Å². The van der Waals surface area contributed by atoms with Gasteiger partial charge in [0.15, 0.2) is 6.61 Å². The fraction of sp³-hybridized carbons (Fsp3) is 0.280. The van der Waals surface area contributed by atoms with Crippen molar-refractivity contribution in [2.45, 2.75) is 19.5 Å². The van der Waals surface area contributed by atoms with Gasteiger partial charge in [-0.2, -0.15) is 13.2 Å². The quantitative estimate of drug-likeness (QED) is 0.389. The van der Waals surface area contributed by atoms with Gasteiger partial charge in [-0.3, -0.25) is 19.3 Å². The molecule has 182 valence electrons. The number of hydrogen-bond acceptors (Lipinski definition) is 5. The summed E-state index contributed by atoms with van der Waals surface area (Å²) in [6.45, 7) is 1.09. The van der Waals surface area contributed by atoms with E-state index in [1.54, 1.807) is 0 Å². The fourth-order valence-corrected chi connectivity index (χ4v) is 4.39. The number of ether oxygens (including phenoxy) is 1. The number of esters is 1. The minimum Gasteiger partial charge on any atom is -0.452 e. The number of imide groups is 1. The molecule has 35 heavy (non-hydrogen) atoms. The highest BCUT2D eigenvalue weighted by molar-refractivity contribution is 6.22. The normalized spacial score (nSPS) is 21.6. The first-order valence-electron chi connectivity index (χ1n) is 10.9. The van der Waals surface area contributed by atoms with Gasteiger partial charge in [0, 0.05) is 0 Å². The summed E-state index contributed by atoms with van der Waals surface area (Å²) in [6.07, 6.45) is -0.340. The molecule has 1 fully saturated rings. The van der Waals surface area contributed by atoms with E-state index in [9.17, 15) is 32.3 Å². The lowest BCUT2D eigenvalue weighted by Crippen LogP contribution is -2.31. The molecule has 1 aliphatic heterocycles. The molecule has 0 aromatic heterocycles. The van der Waals surface area contributed by atoms with Gasteiger partial charge < -0.3 is 10.1 Å². The van der Waals surface area contributed by atoms with E-state index in [1.165, 1.54) is 36.4 Å². The van der Waals surface area contributed by atoms with Crippen LogP contribution in [0, 0.1) is 17.8 Å². The number of carbonyl (C=O) groups excluding carboxylic acids is 4. The molecule has 0 unspecified atom stereocenters. The van der Waals surface area contributed by atoms with Crippen LogP contribution in [0.2, 0.25) is 0 Å². The van der Waals surface area contributed by atoms with Crippen molar-refractivity contribution < 1.29 is 37.1 Å². The number of alkyl halides is 3. The van der Waals surface area contributed by atoms with Crippen LogP contribution in [0.1, 0.15) is 29.3 Å². The number of amides is 3. The van der Waals surface area contributed by atoms with Crippen molar-refractivity contribution in [3.8, 4) is 0 Å². The van der Waals surface area contributed by atoms with Crippen LogP contribution in [0.25, 0.3) is 0 Å². The van der Waals surface area contributed by atoms with Gasteiger partial charge in [-0.25, -0.2) is 4.79 Å². The molecule has 0 spiro atoms. The van der Waals surface area contributed by atoms with Crippen molar-refractivity contribution in [3.63, 3.8) is 0 Å². The number of rotatable bonds is 5. The van der Waals surface area contributed by atoms with E-state index in [4.69, 9.17) is 4.74 Å². The first kappa shape index (κ1) is 24.2. The minimum absolute atomic E-state index is 0.0452. The average molecular weight is 486 g/mol. The van der Waals surface area contributed by atoms with Gasteiger partial charge in [0.2, 0.25) is 11.8 Å². The molecule has 2 aromatic carbocycles. The molecule has 4 rings (SSSR count). The van der Waals surface area contributed by atoms with E-state index in [0.29, 0.717) is 12.1 Å². The van der Waals surface area contributed by atoms with Gasteiger partial charge in [-0.15, -0.1) is 0 Å². The monoisotopic (exact) mass is 486 g/mol. The van der Waals surface area contributed by atoms with Gasteiger partial charge >= 0.3 is 12.1 Å². The first-order chi connectivity index (χ1) is 16.6. The van der Waals surface area contributed by atoms with E-state index in [2.05, 4.69) is 5.32 Å². The predicted octanol–water partition coefficient (Wildman–Crippen LogP) is 4.20. The standard InChI is InChI=1S/C25H21F3N2O5/c1-14-5-4-6-17-21(14)23(33)30(22(17)32)16-11-9-15(10-12-16)24(34)35-13-20(31)29-19-8-3-2-7-18(19)25(26,27)28/h2-5,7-12,14,17,21H,6,13H2,1H3,(H,29,31)/t14-,17+,21-/m1/s1. The van der Waals surface area contributed by atoms with Crippen molar-refractivity contribution >= 4 is 35.1 Å². The third-order valence-electron chi connectivity index (χ3n) is 6.07. The lowest BCUT2D eigenvalue weighted by molar-refractivity contribution is -0.137. The maximum absolute atomic E-state index is 13.0. The Morgan fingerprint density at radius 3 is 2.40 bits per heavy atom. The second-order valence-corrected chi connectivity index (χ2v) is 8.38. The summed E-state index contributed by atoms with van der Waals surface area (Å²) in [6, 6.07) is 10.00. The molecule has 3 amide bonds. The van der Waals surface area contributed by atoms with Gasteiger partial charge in [0.25, 0.3) is 5.91 Å². The highest BCUT2D eigenvalue weighted by Crippen LogP contribution is 2.40. The zero-order valence-electron chi connectivity index (χ0n) is 18.5. The van der Waals surface area contributed by atoms with Crippen LogP contribution in [0.4, 0.5) is 24.5 Å².